The molecule has 1 heterocycles. The Morgan fingerprint density at radius 2 is 2.05 bits per heavy atom. The third-order valence-corrected chi connectivity index (χ3v) is 4.52. The molecule has 1 aliphatic heterocycles. The predicted molar refractivity (Wildman–Crippen MR) is 78.5 cm³/mol. The zero-order chi connectivity index (χ0) is 14.6. The quantitative estimate of drug-likeness (QED) is 0.858. The van der Waals surface area contributed by atoms with E-state index in [1.54, 1.807) is 12.1 Å². The van der Waals surface area contributed by atoms with E-state index >= 15 is 0 Å². The number of rotatable bonds is 5. The molecule has 1 N–H and O–H groups in total. The molecule has 1 aromatic carbocycles. The highest BCUT2D eigenvalue weighted by Crippen LogP contribution is 2.10. The van der Waals surface area contributed by atoms with Gasteiger partial charge in [-0.1, -0.05) is 12.1 Å². The van der Waals surface area contributed by atoms with Gasteiger partial charge >= 0.3 is 0 Å². The Hall–Kier alpha value is -0.950. The molecular formula is C14H22N2O3S. The van der Waals surface area contributed by atoms with Crippen molar-refractivity contribution in [3.05, 3.63) is 29.8 Å². The summed E-state index contributed by atoms with van der Waals surface area (Å²) in [5, 5.41) is 3.35. The lowest BCUT2D eigenvalue weighted by Gasteiger charge is -2.30. The first-order chi connectivity index (χ1) is 9.45. The lowest BCUT2D eigenvalue weighted by atomic mass is 10.2. The summed E-state index contributed by atoms with van der Waals surface area (Å²) >= 11 is 0. The van der Waals surface area contributed by atoms with Crippen LogP contribution in [-0.4, -0.2) is 59.0 Å². The molecule has 0 amide bonds. The van der Waals surface area contributed by atoms with Crippen molar-refractivity contribution in [2.75, 3.05) is 39.5 Å². The van der Waals surface area contributed by atoms with E-state index < -0.39 is 9.84 Å². The van der Waals surface area contributed by atoms with Gasteiger partial charge in [0.1, 0.15) is 0 Å². The lowest BCUT2D eigenvalue weighted by molar-refractivity contribution is -0.0182. The van der Waals surface area contributed by atoms with Gasteiger partial charge in [-0.3, -0.25) is 0 Å². The number of benzene rings is 1. The van der Waals surface area contributed by atoms with Crippen LogP contribution in [0.5, 0.6) is 0 Å². The van der Waals surface area contributed by atoms with Crippen LogP contribution in [0.15, 0.2) is 29.2 Å². The van der Waals surface area contributed by atoms with Crippen LogP contribution in [0.3, 0.4) is 0 Å². The number of nitrogens with one attached hydrogen (secondary N) is 1. The Labute approximate surface area is 120 Å². The molecule has 1 saturated heterocycles. The van der Waals surface area contributed by atoms with E-state index in [-0.39, 0.29) is 6.10 Å². The van der Waals surface area contributed by atoms with E-state index in [0.29, 0.717) is 11.4 Å². The van der Waals surface area contributed by atoms with E-state index in [9.17, 15) is 8.42 Å². The van der Waals surface area contributed by atoms with Crippen LogP contribution in [0.25, 0.3) is 0 Å². The van der Waals surface area contributed by atoms with Crippen LogP contribution in [0.4, 0.5) is 0 Å². The number of nitrogens with zero attached hydrogens (tertiary/aromatic N) is 1. The number of morpholine rings is 1. The second-order valence-corrected chi connectivity index (χ2v) is 7.32. The van der Waals surface area contributed by atoms with Crippen molar-refractivity contribution < 1.29 is 13.2 Å². The van der Waals surface area contributed by atoms with E-state index in [0.717, 1.165) is 31.8 Å². The van der Waals surface area contributed by atoms with Crippen molar-refractivity contribution in [1.82, 2.24) is 10.2 Å². The first-order valence-corrected chi connectivity index (χ1v) is 8.64. The maximum Gasteiger partial charge on any atom is 0.175 e. The van der Waals surface area contributed by atoms with Gasteiger partial charge in [-0.15, -0.1) is 0 Å². The molecule has 0 aromatic heterocycles. The Bertz CT molecular complexity index is 528. The van der Waals surface area contributed by atoms with Gasteiger partial charge in [-0.2, -0.15) is 0 Å². The van der Waals surface area contributed by atoms with Gasteiger partial charge < -0.3 is 15.0 Å². The molecule has 1 aliphatic rings. The molecule has 2 rings (SSSR count). The summed E-state index contributed by atoms with van der Waals surface area (Å²) in [5.74, 6) is 0. The molecule has 0 saturated carbocycles. The smallest absolute Gasteiger partial charge is 0.175 e. The van der Waals surface area contributed by atoms with Crippen molar-refractivity contribution in [2.24, 2.45) is 0 Å². The molecule has 0 bridgehead atoms. The Kier molecular flexibility index (Phi) is 5.15. The van der Waals surface area contributed by atoms with Crippen molar-refractivity contribution in [3.8, 4) is 0 Å². The summed E-state index contributed by atoms with van der Waals surface area (Å²) in [4.78, 5) is 2.62. The number of hydrogen-bond acceptors (Lipinski definition) is 5. The third-order valence-electron chi connectivity index (χ3n) is 3.39. The SMILES string of the molecule is CN1CCO[C@H](CNCc2ccc(S(C)(=O)=O)cc2)C1. The zero-order valence-corrected chi connectivity index (χ0v) is 12.8. The van der Waals surface area contributed by atoms with E-state index in [1.807, 2.05) is 12.1 Å². The molecule has 0 aliphatic carbocycles. The highest BCUT2D eigenvalue weighted by atomic mass is 32.2. The number of ether oxygens (including phenoxy) is 1. The van der Waals surface area contributed by atoms with Gasteiger partial charge in [-0.05, 0) is 24.7 Å². The largest absolute Gasteiger partial charge is 0.374 e. The summed E-state index contributed by atoms with van der Waals surface area (Å²) in [5.41, 5.74) is 1.07. The average molecular weight is 298 g/mol. The van der Waals surface area contributed by atoms with Gasteiger partial charge in [-0.25, -0.2) is 8.42 Å². The van der Waals surface area contributed by atoms with E-state index in [1.165, 1.54) is 6.26 Å². The highest BCUT2D eigenvalue weighted by molar-refractivity contribution is 7.90. The predicted octanol–water partition coefficient (Wildman–Crippen LogP) is 0.510. The molecule has 5 nitrogen and oxygen atoms in total. The average Bonchev–Trinajstić information content (AvgIpc) is 2.38. The Balaban J connectivity index is 1.79. The van der Waals surface area contributed by atoms with Crippen molar-refractivity contribution in [1.29, 1.82) is 0 Å². The monoisotopic (exact) mass is 298 g/mol. The molecule has 6 heteroatoms. The zero-order valence-electron chi connectivity index (χ0n) is 12.0. The molecule has 20 heavy (non-hydrogen) atoms. The minimum Gasteiger partial charge on any atom is -0.374 e. The molecule has 1 aromatic rings. The van der Waals surface area contributed by atoms with Gasteiger partial charge in [0.05, 0.1) is 17.6 Å². The number of sulfone groups is 1. The summed E-state index contributed by atoms with van der Waals surface area (Å²) in [6, 6.07) is 6.99. The fourth-order valence-corrected chi connectivity index (χ4v) is 2.85. The molecule has 112 valence electrons. The van der Waals surface area contributed by atoms with Crippen molar-refractivity contribution >= 4 is 9.84 Å². The van der Waals surface area contributed by atoms with Crippen LogP contribution in [-0.2, 0) is 21.1 Å². The lowest BCUT2D eigenvalue weighted by Crippen LogP contribution is -2.44. The van der Waals surface area contributed by atoms with Gasteiger partial charge in [0.25, 0.3) is 0 Å². The Morgan fingerprint density at radius 1 is 1.35 bits per heavy atom. The summed E-state index contributed by atoms with van der Waals surface area (Å²) in [6.45, 7) is 4.24. The van der Waals surface area contributed by atoms with Crippen LogP contribution in [0, 0.1) is 0 Å². The third kappa shape index (κ3) is 4.56. The molecular weight excluding hydrogens is 276 g/mol. The van der Waals surface area contributed by atoms with Crippen LogP contribution in [0.2, 0.25) is 0 Å². The van der Waals surface area contributed by atoms with Crippen LogP contribution < -0.4 is 5.32 Å². The van der Waals surface area contributed by atoms with E-state index in [4.69, 9.17) is 4.74 Å². The number of hydrogen-bond donors (Lipinski definition) is 1. The van der Waals surface area contributed by atoms with Gasteiger partial charge in [0.2, 0.25) is 0 Å². The topological polar surface area (TPSA) is 58.6 Å². The summed E-state index contributed by atoms with van der Waals surface area (Å²) in [6.07, 6.45) is 1.45. The minimum atomic E-state index is -3.11. The molecule has 1 atom stereocenters. The van der Waals surface area contributed by atoms with Gasteiger partial charge in [0, 0.05) is 32.4 Å². The van der Waals surface area contributed by atoms with Crippen LogP contribution >= 0.6 is 0 Å². The molecule has 0 spiro atoms. The normalized spacial score (nSPS) is 21.0. The summed E-state index contributed by atoms with van der Waals surface area (Å²) < 4.78 is 28.4. The fourth-order valence-electron chi connectivity index (χ4n) is 2.22. The Morgan fingerprint density at radius 3 is 2.65 bits per heavy atom. The second kappa shape index (κ2) is 6.67. The van der Waals surface area contributed by atoms with E-state index in [2.05, 4.69) is 17.3 Å². The first-order valence-electron chi connectivity index (χ1n) is 6.75. The minimum absolute atomic E-state index is 0.226. The van der Waals surface area contributed by atoms with Crippen molar-refractivity contribution in [3.63, 3.8) is 0 Å². The molecule has 1 fully saturated rings. The maximum atomic E-state index is 11.4. The second-order valence-electron chi connectivity index (χ2n) is 5.30. The number of likely N-dealkylation sites (N-methyl/N-ethyl adjacent to an activating group) is 1. The van der Waals surface area contributed by atoms with Crippen molar-refractivity contribution in [2.45, 2.75) is 17.5 Å². The highest BCUT2D eigenvalue weighted by Gasteiger charge is 2.16. The maximum absolute atomic E-state index is 11.4. The van der Waals surface area contributed by atoms with Crippen LogP contribution in [0.1, 0.15) is 5.56 Å². The van der Waals surface area contributed by atoms with Gasteiger partial charge in [0.15, 0.2) is 9.84 Å². The first kappa shape index (κ1) is 15.4. The molecule has 0 radical (unpaired) electrons. The fraction of sp³-hybridized carbons (Fsp3) is 0.571. The molecule has 0 unspecified atom stereocenters. The standard InChI is InChI=1S/C14H22N2O3S/c1-16-7-8-19-13(11-16)10-15-9-12-3-5-14(6-4-12)20(2,17)18/h3-6,13,15H,7-11H2,1-2H3/t13-/m1/s1. The summed E-state index contributed by atoms with van der Waals surface area (Å²) in [7, 11) is -1.01.